The molecule has 2 saturated heterocycles. The molecule has 13 nitrogen and oxygen atoms in total. The largest absolute Gasteiger partial charge is 0.444 e. The lowest BCUT2D eigenvalue weighted by molar-refractivity contribution is 0.0303. The zero-order chi connectivity index (χ0) is 27.3. The summed E-state index contributed by atoms with van der Waals surface area (Å²) in [5.41, 5.74) is 5.96. The van der Waals surface area contributed by atoms with Gasteiger partial charge >= 0.3 is 6.09 Å². The number of aromatic nitrogens is 3. The minimum absolute atomic E-state index is 0.0664. The standard InChI is InChI=1S/C25H34N8O5/c1-25(2,3)38-24(36)28-18-5-4-10-33(15-18)23-29-21(19(20(26)34)30-31-23)27-17-8-6-16(7-9-17)22(35)32-11-13-37-14-12-32/h6-9,18H,4-5,10-15H2,1-3H3,(H2,26,34)(H,28,36)(H,27,29,31)/t18-/m1/s1. The van der Waals surface area contributed by atoms with Crippen LogP contribution in [0.3, 0.4) is 0 Å². The number of amides is 3. The molecular weight excluding hydrogens is 492 g/mol. The van der Waals surface area contributed by atoms with E-state index < -0.39 is 17.6 Å². The van der Waals surface area contributed by atoms with Gasteiger partial charge in [-0.25, -0.2) is 4.79 Å². The van der Waals surface area contributed by atoms with Crippen molar-refractivity contribution in [1.82, 2.24) is 25.4 Å². The van der Waals surface area contributed by atoms with Gasteiger partial charge in [-0.1, -0.05) is 0 Å². The van der Waals surface area contributed by atoms with Gasteiger partial charge in [0.25, 0.3) is 11.8 Å². The highest BCUT2D eigenvalue weighted by Gasteiger charge is 2.27. The third-order valence-corrected chi connectivity index (χ3v) is 6.03. The summed E-state index contributed by atoms with van der Waals surface area (Å²) in [5, 5.41) is 14.1. The van der Waals surface area contributed by atoms with Crippen LogP contribution in [0.4, 0.5) is 22.2 Å². The summed E-state index contributed by atoms with van der Waals surface area (Å²) in [4.78, 5) is 45.1. The van der Waals surface area contributed by atoms with Gasteiger partial charge in [-0.3, -0.25) is 9.59 Å². The number of nitrogens with zero attached hydrogens (tertiary/aromatic N) is 5. The van der Waals surface area contributed by atoms with Crippen LogP contribution >= 0.6 is 0 Å². The van der Waals surface area contributed by atoms with E-state index in [4.69, 9.17) is 15.2 Å². The number of hydrogen-bond donors (Lipinski definition) is 3. The van der Waals surface area contributed by atoms with Gasteiger partial charge in [-0.2, -0.15) is 4.98 Å². The molecule has 13 heteroatoms. The summed E-state index contributed by atoms with van der Waals surface area (Å²) in [7, 11) is 0. The van der Waals surface area contributed by atoms with Gasteiger partial charge in [0.05, 0.1) is 13.2 Å². The number of carbonyl (C=O) groups excluding carboxylic acids is 3. The molecule has 204 valence electrons. The van der Waals surface area contributed by atoms with Crippen molar-refractivity contribution in [3.05, 3.63) is 35.5 Å². The van der Waals surface area contributed by atoms with Gasteiger partial charge in [-0.15, -0.1) is 10.2 Å². The van der Waals surface area contributed by atoms with E-state index in [1.807, 2.05) is 25.7 Å². The highest BCUT2D eigenvalue weighted by Crippen LogP contribution is 2.23. The van der Waals surface area contributed by atoms with Crippen LogP contribution in [0, 0.1) is 0 Å². The average Bonchev–Trinajstić information content (AvgIpc) is 2.88. The lowest BCUT2D eigenvalue weighted by atomic mass is 10.1. The number of carbonyl (C=O) groups is 3. The minimum Gasteiger partial charge on any atom is -0.444 e. The van der Waals surface area contributed by atoms with E-state index in [1.54, 1.807) is 29.2 Å². The maximum absolute atomic E-state index is 12.7. The summed E-state index contributed by atoms with van der Waals surface area (Å²) in [6.45, 7) is 8.70. The lowest BCUT2D eigenvalue weighted by Gasteiger charge is -2.33. The second-order valence-electron chi connectivity index (χ2n) is 10.2. The fourth-order valence-corrected chi connectivity index (χ4v) is 4.24. The number of anilines is 3. The Bertz CT molecular complexity index is 1160. The van der Waals surface area contributed by atoms with Crippen molar-refractivity contribution < 1.29 is 23.9 Å². The smallest absolute Gasteiger partial charge is 0.407 e. The quantitative estimate of drug-likeness (QED) is 0.504. The number of primary amides is 1. The SMILES string of the molecule is CC(C)(C)OC(=O)N[C@@H]1CCCN(c2nnc(C(N)=O)c(Nc3ccc(C(=O)N4CCOCC4)cc3)n2)C1. The van der Waals surface area contributed by atoms with Gasteiger partial charge < -0.3 is 35.6 Å². The Labute approximate surface area is 221 Å². The topological polar surface area (TPSA) is 165 Å². The zero-order valence-corrected chi connectivity index (χ0v) is 21.9. The number of ether oxygens (including phenoxy) is 2. The summed E-state index contributed by atoms with van der Waals surface area (Å²) in [6.07, 6.45) is 1.09. The third-order valence-electron chi connectivity index (χ3n) is 6.03. The molecule has 0 aliphatic carbocycles. The predicted molar refractivity (Wildman–Crippen MR) is 139 cm³/mol. The fraction of sp³-hybridized carbons (Fsp3) is 0.520. The summed E-state index contributed by atoms with van der Waals surface area (Å²) in [5.74, 6) is -0.395. The average molecular weight is 527 g/mol. The first kappa shape index (κ1) is 27.0. The molecule has 0 bridgehead atoms. The van der Waals surface area contributed by atoms with E-state index in [0.29, 0.717) is 56.6 Å². The highest BCUT2D eigenvalue weighted by molar-refractivity contribution is 5.97. The van der Waals surface area contributed by atoms with Crippen molar-refractivity contribution in [2.24, 2.45) is 5.73 Å². The maximum atomic E-state index is 12.7. The molecule has 1 aromatic carbocycles. The van der Waals surface area contributed by atoms with E-state index >= 15 is 0 Å². The summed E-state index contributed by atoms with van der Waals surface area (Å²) >= 11 is 0. The molecular formula is C25H34N8O5. The molecule has 0 spiro atoms. The number of morpholine rings is 1. The van der Waals surface area contributed by atoms with Gasteiger partial charge in [0, 0.05) is 43.5 Å². The first-order valence-electron chi connectivity index (χ1n) is 12.6. The highest BCUT2D eigenvalue weighted by atomic mass is 16.6. The minimum atomic E-state index is -0.777. The number of alkyl carbamates (subject to hydrolysis) is 1. The van der Waals surface area contributed by atoms with E-state index in [2.05, 4.69) is 25.8 Å². The molecule has 0 radical (unpaired) electrons. The Kier molecular flexibility index (Phi) is 8.25. The normalized spacial score (nSPS) is 18.0. The fourth-order valence-electron chi connectivity index (χ4n) is 4.24. The second-order valence-corrected chi connectivity index (χ2v) is 10.2. The molecule has 3 heterocycles. The van der Waals surface area contributed by atoms with Gasteiger partial charge in [0.2, 0.25) is 5.95 Å². The van der Waals surface area contributed by atoms with Crippen LogP contribution in [0.5, 0.6) is 0 Å². The van der Waals surface area contributed by atoms with Crippen molar-refractivity contribution in [3.8, 4) is 0 Å². The summed E-state index contributed by atoms with van der Waals surface area (Å²) in [6, 6.07) is 6.70. The van der Waals surface area contributed by atoms with Crippen LogP contribution in [0.25, 0.3) is 0 Å². The number of piperidine rings is 1. The molecule has 2 aliphatic rings. The number of nitrogens with one attached hydrogen (secondary N) is 2. The number of hydrogen-bond acceptors (Lipinski definition) is 10. The Morgan fingerprint density at radius 1 is 1.08 bits per heavy atom. The number of rotatable bonds is 6. The lowest BCUT2D eigenvalue weighted by Crippen LogP contribution is -2.49. The molecule has 0 saturated carbocycles. The van der Waals surface area contributed by atoms with Gasteiger partial charge in [-0.05, 0) is 57.9 Å². The molecule has 0 unspecified atom stereocenters. The first-order valence-corrected chi connectivity index (χ1v) is 12.6. The molecule has 1 atom stereocenters. The Morgan fingerprint density at radius 2 is 1.79 bits per heavy atom. The van der Waals surface area contributed by atoms with Crippen LogP contribution in [-0.4, -0.2) is 89.0 Å². The molecule has 1 aromatic heterocycles. The molecule has 38 heavy (non-hydrogen) atoms. The van der Waals surface area contributed by atoms with Gasteiger partial charge in [0.1, 0.15) is 5.60 Å². The molecule has 3 amide bonds. The maximum Gasteiger partial charge on any atom is 0.407 e. The molecule has 4 N–H and O–H groups in total. The van der Waals surface area contributed by atoms with Crippen molar-refractivity contribution in [2.45, 2.75) is 45.3 Å². The second kappa shape index (κ2) is 11.6. The number of nitrogens with two attached hydrogens (primary N) is 1. The van der Waals surface area contributed by atoms with Crippen LogP contribution < -0.4 is 21.3 Å². The third kappa shape index (κ3) is 7.06. The Morgan fingerprint density at radius 3 is 2.45 bits per heavy atom. The van der Waals surface area contributed by atoms with E-state index in [-0.39, 0.29) is 23.5 Å². The van der Waals surface area contributed by atoms with Crippen LogP contribution in [0.15, 0.2) is 24.3 Å². The van der Waals surface area contributed by atoms with Crippen LogP contribution in [0.1, 0.15) is 54.5 Å². The molecule has 2 fully saturated rings. The Hall–Kier alpha value is -4.00. The predicted octanol–water partition coefficient (Wildman–Crippen LogP) is 1.68. The molecule has 2 aromatic rings. The van der Waals surface area contributed by atoms with Crippen molar-refractivity contribution in [2.75, 3.05) is 49.6 Å². The van der Waals surface area contributed by atoms with E-state index in [0.717, 1.165) is 12.8 Å². The van der Waals surface area contributed by atoms with Crippen molar-refractivity contribution in [3.63, 3.8) is 0 Å². The van der Waals surface area contributed by atoms with E-state index in [1.165, 1.54) is 0 Å². The molecule has 2 aliphatic heterocycles. The number of benzene rings is 1. The van der Waals surface area contributed by atoms with Crippen LogP contribution in [-0.2, 0) is 9.47 Å². The van der Waals surface area contributed by atoms with Crippen LogP contribution in [0.2, 0.25) is 0 Å². The van der Waals surface area contributed by atoms with E-state index in [9.17, 15) is 14.4 Å². The molecule has 4 rings (SSSR count). The Balaban J connectivity index is 1.46. The zero-order valence-electron chi connectivity index (χ0n) is 21.9. The summed E-state index contributed by atoms with van der Waals surface area (Å²) < 4.78 is 10.7. The first-order chi connectivity index (χ1) is 18.1. The monoisotopic (exact) mass is 526 g/mol. The van der Waals surface area contributed by atoms with Crippen molar-refractivity contribution in [1.29, 1.82) is 0 Å². The van der Waals surface area contributed by atoms with Gasteiger partial charge in [0.15, 0.2) is 11.5 Å². The van der Waals surface area contributed by atoms with Crippen molar-refractivity contribution >= 4 is 35.4 Å².